The van der Waals surface area contributed by atoms with Crippen molar-refractivity contribution >= 4 is 30.7 Å². The van der Waals surface area contributed by atoms with Crippen molar-refractivity contribution in [1.29, 1.82) is 0 Å². The van der Waals surface area contributed by atoms with Crippen molar-refractivity contribution < 1.29 is 13.6 Å². The maximum Gasteiger partial charge on any atom is 0.262 e. The quantitative estimate of drug-likeness (QED) is 0.750. The SMILES string of the molecule is CN1CCC(N2CCC(NC(=O)C3CC(F)(F)CN3)CC2)CC1.Cl.Cl. The van der Waals surface area contributed by atoms with E-state index in [-0.39, 0.29) is 49.7 Å². The number of halogens is 4. The molecule has 0 aliphatic carbocycles. The highest BCUT2D eigenvalue weighted by atomic mass is 35.5. The van der Waals surface area contributed by atoms with Gasteiger partial charge in [0.25, 0.3) is 5.92 Å². The number of piperidine rings is 2. The third kappa shape index (κ3) is 6.17. The fraction of sp³-hybridized carbons (Fsp3) is 0.938. The summed E-state index contributed by atoms with van der Waals surface area (Å²) in [6.45, 7) is 3.91. The van der Waals surface area contributed by atoms with Crippen molar-refractivity contribution in [2.45, 2.75) is 56.2 Å². The summed E-state index contributed by atoms with van der Waals surface area (Å²) >= 11 is 0. The summed E-state index contributed by atoms with van der Waals surface area (Å²) in [4.78, 5) is 17.0. The first-order valence-electron chi connectivity index (χ1n) is 8.77. The summed E-state index contributed by atoms with van der Waals surface area (Å²) in [6, 6.07) is 0.0518. The Morgan fingerprint density at radius 2 is 1.68 bits per heavy atom. The molecule has 0 saturated carbocycles. The van der Waals surface area contributed by atoms with Crippen LogP contribution in [-0.2, 0) is 4.79 Å². The average molecular weight is 403 g/mol. The molecule has 2 N–H and O–H groups in total. The van der Waals surface area contributed by atoms with Crippen LogP contribution < -0.4 is 10.6 Å². The van der Waals surface area contributed by atoms with E-state index in [1.807, 2.05) is 0 Å². The van der Waals surface area contributed by atoms with E-state index >= 15 is 0 Å². The lowest BCUT2D eigenvalue weighted by atomic mass is 9.98. The highest BCUT2D eigenvalue weighted by Crippen LogP contribution is 2.25. The molecule has 3 aliphatic heterocycles. The van der Waals surface area contributed by atoms with Crippen molar-refractivity contribution in [1.82, 2.24) is 20.4 Å². The van der Waals surface area contributed by atoms with Gasteiger partial charge in [-0.2, -0.15) is 0 Å². The van der Waals surface area contributed by atoms with Gasteiger partial charge in [0.05, 0.1) is 12.6 Å². The average Bonchev–Trinajstić information content (AvgIpc) is 2.89. The topological polar surface area (TPSA) is 47.6 Å². The molecule has 1 unspecified atom stereocenters. The molecular weight excluding hydrogens is 373 g/mol. The zero-order chi connectivity index (χ0) is 16.4. The lowest BCUT2D eigenvalue weighted by molar-refractivity contribution is -0.124. The predicted octanol–water partition coefficient (Wildman–Crippen LogP) is 1.50. The van der Waals surface area contributed by atoms with Crippen LogP contribution in [0.4, 0.5) is 8.78 Å². The molecule has 0 radical (unpaired) electrons. The lowest BCUT2D eigenvalue weighted by Gasteiger charge is -2.41. The second kappa shape index (κ2) is 9.65. The number of nitrogens with one attached hydrogen (secondary N) is 2. The highest BCUT2D eigenvalue weighted by Gasteiger charge is 2.42. The fourth-order valence-corrected chi connectivity index (χ4v) is 3.97. The van der Waals surface area contributed by atoms with Crippen molar-refractivity contribution in [2.75, 3.05) is 39.8 Å². The van der Waals surface area contributed by atoms with Gasteiger partial charge in [0.2, 0.25) is 5.91 Å². The number of hydrogen-bond acceptors (Lipinski definition) is 4. The van der Waals surface area contributed by atoms with E-state index in [4.69, 9.17) is 0 Å². The maximum absolute atomic E-state index is 13.2. The van der Waals surface area contributed by atoms with Gasteiger partial charge in [-0.1, -0.05) is 0 Å². The molecule has 0 spiro atoms. The van der Waals surface area contributed by atoms with E-state index in [0.29, 0.717) is 6.04 Å². The van der Waals surface area contributed by atoms with Crippen LogP contribution in [0, 0.1) is 0 Å². The van der Waals surface area contributed by atoms with Gasteiger partial charge < -0.3 is 15.1 Å². The van der Waals surface area contributed by atoms with Crippen LogP contribution >= 0.6 is 24.8 Å². The van der Waals surface area contributed by atoms with E-state index in [1.165, 1.54) is 12.8 Å². The molecule has 0 aromatic rings. The minimum absolute atomic E-state index is 0. The summed E-state index contributed by atoms with van der Waals surface area (Å²) in [5, 5.41) is 5.58. The van der Waals surface area contributed by atoms with Gasteiger partial charge in [0.15, 0.2) is 0 Å². The molecule has 9 heteroatoms. The second-order valence-electron chi connectivity index (χ2n) is 7.35. The van der Waals surface area contributed by atoms with Crippen LogP contribution in [-0.4, -0.2) is 79.5 Å². The smallest absolute Gasteiger partial charge is 0.262 e. The van der Waals surface area contributed by atoms with E-state index in [9.17, 15) is 13.6 Å². The molecule has 3 aliphatic rings. The van der Waals surface area contributed by atoms with E-state index in [0.717, 1.165) is 39.0 Å². The zero-order valence-electron chi connectivity index (χ0n) is 14.7. The van der Waals surface area contributed by atoms with Gasteiger partial charge in [0.1, 0.15) is 0 Å². The minimum Gasteiger partial charge on any atom is -0.352 e. The molecule has 1 atom stereocenters. The molecule has 3 fully saturated rings. The predicted molar refractivity (Wildman–Crippen MR) is 99.1 cm³/mol. The van der Waals surface area contributed by atoms with Crippen LogP contribution in [0.5, 0.6) is 0 Å². The third-order valence-electron chi connectivity index (χ3n) is 5.51. The normalized spacial score (nSPS) is 28.8. The van der Waals surface area contributed by atoms with Gasteiger partial charge in [-0.05, 0) is 45.8 Å². The number of amides is 1. The minimum atomic E-state index is -2.75. The number of alkyl halides is 2. The van der Waals surface area contributed by atoms with Crippen molar-refractivity contribution in [3.05, 3.63) is 0 Å². The number of carbonyl (C=O) groups excluding carboxylic acids is 1. The molecule has 25 heavy (non-hydrogen) atoms. The summed E-state index contributed by atoms with van der Waals surface area (Å²) in [5.74, 6) is -3.01. The van der Waals surface area contributed by atoms with E-state index in [2.05, 4.69) is 27.5 Å². The Kier molecular flexibility index (Phi) is 8.81. The van der Waals surface area contributed by atoms with Gasteiger partial charge in [-0.25, -0.2) is 8.78 Å². The first-order valence-corrected chi connectivity index (χ1v) is 8.77. The molecule has 5 nitrogen and oxygen atoms in total. The van der Waals surface area contributed by atoms with Gasteiger partial charge in [-0.15, -0.1) is 24.8 Å². The molecule has 3 saturated heterocycles. The van der Waals surface area contributed by atoms with Gasteiger partial charge in [0, 0.05) is 31.6 Å². The number of nitrogens with zero attached hydrogens (tertiary/aromatic N) is 2. The molecule has 0 aromatic heterocycles. The number of carbonyl (C=O) groups is 1. The first-order chi connectivity index (χ1) is 10.9. The fourth-order valence-electron chi connectivity index (χ4n) is 3.97. The summed E-state index contributed by atoms with van der Waals surface area (Å²) in [6.07, 6.45) is 3.89. The van der Waals surface area contributed by atoms with Crippen LogP contribution in [0.2, 0.25) is 0 Å². The largest absolute Gasteiger partial charge is 0.352 e. The molecule has 0 aromatic carbocycles. The van der Waals surface area contributed by atoms with Crippen molar-refractivity contribution in [3.8, 4) is 0 Å². The zero-order valence-corrected chi connectivity index (χ0v) is 16.3. The molecule has 3 rings (SSSR count). The van der Waals surface area contributed by atoms with Crippen molar-refractivity contribution in [3.63, 3.8) is 0 Å². The Balaban J connectivity index is 0.00000156. The molecule has 1 amide bonds. The Morgan fingerprint density at radius 3 is 2.20 bits per heavy atom. The Labute approximate surface area is 161 Å². The molecular formula is C16H30Cl2F2N4O. The van der Waals surface area contributed by atoms with Gasteiger partial charge >= 0.3 is 0 Å². The van der Waals surface area contributed by atoms with E-state index < -0.39 is 12.0 Å². The molecule has 148 valence electrons. The number of rotatable bonds is 3. The Bertz CT molecular complexity index is 428. The monoisotopic (exact) mass is 402 g/mol. The Morgan fingerprint density at radius 1 is 1.08 bits per heavy atom. The van der Waals surface area contributed by atoms with Gasteiger partial charge in [-0.3, -0.25) is 10.1 Å². The summed E-state index contributed by atoms with van der Waals surface area (Å²) < 4.78 is 26.3. The van der Waals surface area contributed by atoms with E-state index in [1.54, 1.807) is 0 Å². The molecule has 0 bridgehead atoms. The third-order valence-corrected chi connectivity index (χ3v) is 5.51. The maximum atomic E-state index is 13.2. The number of hydrogen-bond donors (Lipinski definition) is 2. The standard InChI is InChI=1S/C16H28F2N4O.2ClH/c1-21-6-4-13(5-7-21)22-8-2-12(3-9-22)20-15(23)14-10-16(17,18)11-19-14;;/h12-14,19H,2-11H2,1H3,(H,20,23);2*1H. The van der Waals surface area contributed by atoms with Crippen LogP contribution in [0.1, 0.15) is 32.1 Å². The molecule has 3 heterocycles. The Hall–Kier alpha value is -0.210. The first kappa shape index (κ1) is 22.8. The lowest BCUT2D eigenvalue weighted by Crippen LogP contribution is -2.52. The van der Waals surface area contributed by atoms with Crippen LogP contribution in [0.15, 0.2) is 0 Å². The van der Waals surface area contributed by atoms with Crippen LogP contribution in [0.25, 0.3) is 0 Å². The second-order valence-corrected chi connectivity index (χ2v) is 7.35. The van der Waals surface area contributed by atoms with Crippen LogP contribution in [0.3, 0.4) is 0 Å². The summed E-state index contributed by atoms with van der Waals surface area (Å²) in [7, 11) is 2.17. The summed E-state index contributed by atoms with van der Waals surface area (Å²) in [5.41, 5.74) is 0. The number of likely N-dealkylation sites (tertiary alicyclic amines) is 2. The van der Waals surface area contributed by atoms with Crippen molar-refractivity contribution in [2.24, 2.45) is 0 Å². The highest BCUT2D eigenvalue weighted by molar-refractivity contribution is 5.85.